The van der Waals surface area contributed by atoms with E-state index in [0.29, 0.717) is 51.7 Å². The Morgan fingerprint density at radius 2 is 1.27 bits per heavy atom. The number of methoxy groups -OCH3 is 1. The quantitative estimate of drug-likeness (QED) is 0.0834. The molecule has 5 nitrogen and oxygen atoms in total. The second-order valence-electron chi connectivity index (χ2n) is 14.2. The molecule has 0 saturated carbocycles. The number of ether oxygens (including phenoxy) is 2. The van der Waals surface area contributed by atoms with E-state index >= 15 is 8.63 Å². The van der Waals surface area contributed by atoms with Crippen molar-refractivity contribution in [3.63, 3.8) is 0 Å². The fourth-order valence-corrected chi connectivity index (χ4v) is 7.50. The number of halogens is 2. The van der Waals surface area contributed by atoms with E-state index in [1.165, 1.54) is 6.92 Å². The average Bonchev–Trinajstić information content (AvgIpc) is 3.85. The Morgan fingerprint density at radius 1 is 0.712 bits per heavy atom. The zero-order valence-corrected chi connectivity index (χ0v) is 33.6. The van der Waals surface area contributed by atoms with Gasteiger partial charge in [-0.15, -0.1) is 0 Å². The number of aliphatic imine (C=N–C) groups is 1. The fraction of sp³-hybridized carbons (Fsp3) is 0.137. The third kappa shape index (κ3) is 8.95. The van der Waals surface area contributed by atoms with Crippen LogP contribution in [-0.2, 0) is 14.3 Å². The number of carbonyl (C=O) groups excluding carboxylic acids is 1. The van der Waals surface area contributed by atoms with E-state index in [2.05, 4.69) is 41.9 Å². The summed E-state index contributed by atoms with van der Waals surface area (Å²) in [4.78, 5) is 16.6. The minimum absolute atomic E-state index is 0.0388. The number of benzene rings is 5. The second kappa shape index (κ2) is 18.1. The summed E-state index contributed by atoms with van der Waals surface area (Å²) in [5.41, 5.74) is 12.5. The first-order chi connectivity index (χ1) is 28.6. The van der Waals surface area contributed by atoms with E-state index in [0.717, 1.165) is 54.6 Å². The molecule has 0 saturated heterocycles. The molecule has 59 heavy (non-hydrogen) atoms. The molecule has 8 heteroatoms. The van der Waals surface area contributed by atoms with Crippen LogP contribution in [0.4, 0.5) is 8.63 Å². The van der Waals surface area contributed by atoms with Crippen LogP contribution in [0.15, 0.2) is 144 Å². The highest BCUT2D eigenvalue weighted by Crippen LogP contribution is 2.47. The van der Waals surface area contributed by atoms with Crippen molar-refractivity contribution in [3.05, 3.63) is 189 Å². The SMILES string of the molecule is COCC#Cc1ccc(C2=N/C(=C(/c3c(C)cc(C)cc3C)c3c(-c4ccccc4)cc(-c4ccc(C#CCOC(C)=O)cc4)n3B(F)F)C(c3ccccc3)=C2)cc1. The minimum Gasteiger partial charge on any atom is -0.453 e. The van der Waals surface area contributed by atoms with Gasteiger partial charge in [0.2, 0.25) is 0 Å². The Hall–Kier alpha value is -7.00. The second-order valence-corrected chi connectivity index (χ2v) is 14.2. The molecule has 6 aromatic rings. The smallest absolute Gasteiger partial charge is 0.453 e. The number of aryl methyl sites for hydroxylation is 3. The summed E-state index contributed by atoms with van der Waals surface area (Å²) in [5, 5.41) is 0. The molecule has 290 valence electrons. The van der Waals surface area contributed by atoms with E-state index in [9.17, 15) is 4.79 Å². The highest BCUT2D eigenvalue weighted by Gasteiger charge is 2.34. The van der Waals surface area contributed by atoms with Crippen LogP contribution >= 0.6 is 0 Å². The van der Waals surface area contributed by atoms with E-state index in [4.69, 9.17) is 14.5 Å². The Morgan fingerprint density at radius 3 is 1.83 bits per heavy atom. The summed E-state index contributed by atoms with van der Waals surface area (Å²) in [6, 6.07) is 40.7. The van der Waals surface area contributed by atoms with Crippen molar-refractivity contribution >= 4 is 30.2 Å². The first-order valence-corrected chi connectivity index (χ1v) is 19.2. The van der Waals surface area contributed by atoms with Gasteiger partial charge >= 0.3 is 13.4 Å². The number of nitrogens with zero attached hydrogens (tertiary/aromatic N) is 2. The van der Waals surface area contributed by atoms with Crippen molar-refractivity contribution in [3.8, 4) is 46.1 Å². The largest absolute Gasteiger partial charge is 0.678 e. The highest BCUT2D eigenvalue weighted by molar-refractivity contribution is 6.42. The molecule has 0 atom stereocenters. The summed E-state index contributed by atoms with van der Waals surface area (Å²) in [7, 11) is -1.32. The molecular formula is C51H41BF2N2O3. The van der Waals surface area contributed by atoms with Crippen LogP contribution in [0.25, 0.3) is 33.5 Å². The van der Waals surface area contributed by atoms with Gasteiger partial charge in [0.15, 0.2) is 6.61 Å². The zero-order valence-electron chi connectivity index (χ0n) is 33.6. The van der Waals surface area contributed by atoms with Crippen molar-refractivity contribution in [2.24, 2.45) is 4.99 Å². The topological polar surface area (TPSA) is 52.8 Å². The molecule has 5 aromatic carbocycles. The Bertz CT molecular complexity index is 2720. The maximum absolute atomic E-state index is 16.2. The predicted octanol–water partition coefficient (Wildman–Crippen LogP) is 10.8. The molecule has 1 aliphatic rings. The third-order valence-corrected chi connectivity index (χ3v) is 9.96. The number of hydrogen-bond donors (Lipinski definition) is 0. The zero-order chi connectivity index (χ0) is 41.5. The standard InChI is InChI=1S/C51H41BF2N2O3/c1-34-30-35(2)48(36(3)31-34)49(50-44(40-16-8-6-9-17-40)32-46(55-50)42-24-20-38(21-25-42)14-12-28-58-5)51-45(41-18-10-7-11-19-41)33-47(56(51)52(53)54)43-26-22-39(23-27-43)15-13-29-59-37(4)57/h6-11,16-27,30-33H,28-29H2,1-5H3/b50-49-. The molecule has 0 amide bonds. The number of esters is 1. The summed E-state index contributed by atoms with van der Waals surface area (Å²) in [6.45, 7) is 7.73. The van der Waals surface area contributed by atoms with E-state index < -0.39 is 13.4 Å². The molecule has 0 N–H and O–H groups in total. The van der Waals surface area contributed by atoms with Crippen LogP contribution in [0.2, 0.25) is 0 Å². The summed E-state index contributed by atoms with van der Waals surface area (Å²) >= 11 is 0. The van der Waals surface area contributed by atoms with Crippen LogP contribution in [-0.4, -0.2) is 43.9 Å². The Labute approximate surface area is 345 Å². The van der Waals surface area contributed by atoms with Gasteiger partial charge in [-0.2, -0.15) is 0 Å². The van der Waals surface area contributed by atoms with Gasteiger partial charge in [-0.05, 0) is 90.6 Å². The van der Waals surface area contributed by atoms with Gasteiger partial charge in [0.1, 0.15) is 6.61 Å². The van der Waals surface area contributed by atoms with Crippen molar-refractivity contribution in [2.45, 2.75) is 27.7 Å². The molecule has 0 fully saturated rings. The number of allylic oxidation sites excluding steroid dienone is 2. The van der Waals surface area contributed by atoms with Gasteiger partial charge < -0.3 is 14.0 Å². The Kier molecular flexibility index (Phi) is 12.3. The van der Waals surface area contributed by atoms with Crippen molar-refractivity contribution in [1.82, 2.24) is 4.48 Å². The summed E-state index contributed by atoms with van der Waals surface area (Å²) in [6.07, 6.45) is 2.05. The molecule has 7 rings (SSSR count). The Balaban J connectivity index is 1.54. The number of rotatable bonds is 9. The lowest BCUT2D eigenvalue weighted by Gasteiger charge is -2.22. The van der Waals surface area contributed by atoms with Crippen molar-refractivity contribution in [2.75, 3.05) is 20.3 Å². The molecule has 0 radical (unpaired) electrons. The maximum atomic E-state index is 16.2. The molecular weight excluding hydrogens is 737 g/mol. The van der Waals surface area contributed by atoms with Gasteiger partial charge in [-0.25, -0.2) is 4.99 Å². The molecule has 2 heterocycles. The maximum Gasteiger partial charge on any atom is 0.678 e. The van der Waals surface area contributed by atoms with E-state index in [1.807, 2.05) is 112 Å². The first-order valence-electron chi connectivity index (χ1n) is 19.2. The van der Waals surface area contributed by atoms with Crippen LogP contribution < -0.4 is 0 Å². The minimum atomic E-state index is -2.93. The molecule has 1 aliphatic heterocycles. The summed E-state index contributed by atoms with van der Waals surface area (Å²) < 4.78 is 43.6. The third-order valence-electron chi connectivity index (χ3n) is 9.96. The lowest BCUT2D eigenvalue weighted by Crippen LogP contribution is -2.19. The fourth-order valence-electron chi connectivity index (χ4n) is 7.50. The van der Waals surface area contributed by atoms with Crippen LogP contribution in [0, 0.1) is 44.5 Å². The molecule has 0 bridgehead atoms. The lowest BCUT2D eigenvalue weighted by molar-refractivity contribution is -0.139. The first kappa shape index (κ1) is 40.2. The molecule has 0 aliphatic carbocycles. The predicted molar refractivity (Wildman–Crippen MR) is 235 cm³/mol. The highest BCUT2D eigenvalue weighted by atomic mass is 19.2. The van der Waals surface area contributed by atoms with Gasteiger partial charge in [0.05, 0.1) is 17.1 Å². The van der Waals surface area contributed by atoms with Crippen molar-refractivity contribution < 1.29 is 22.9 Å². The van der Waals surface area contributed by atoms with E-state index in [1.54, 1.807) is 31.4 Å². The normalized spacial score (nSPS) is 12.7. The van der Waals surface area contributed by atoms with Crippen molar-refractivity contribution in [1.29, 1.82) is 0 Å². The molecule has 0 unspecified atom stereocenters. The summed E-state index contributed by atoms with van der Waals surface area (Å²) in [5.74, 6) is 11.5. The van der Waals surface area contributed by atoms with E-state index in [-0.39, 0.29) is 6.61 Å². The monoisotopic (exact) mass is 778 g/mol. The molecule has 0 spiro atoms. The van der Waals surface area contributed by atoms with Gasteiger partial charge in [-0.3, -0.25) is 13.4 Å². The van der Waals surface area contributed by atoms with Crippen LogP contribution in [0.1, 0.15) is 57.1 Å². The van der Waals surface area contributed by atoms with Gasteiger partial charge in [-0.1, -0.05) is 126 Å². The lowest BCUT2D eigenvalue weighted by atomic mass is 9.85. The number of carbonyl (C=O) groups is 1. The number of aromatic nitrogens is 1. The van der Waals surface area contributed by atoms with Crippen LogP contribution in [0.3, 0.4) is 0 Å². The van der Waals surface area contributed by atoms with Gasteiger partial charge in [0.25, 0.3) is 0 Å². The van der Waals surface area contributed by atoms with Gasteiger partial charge in [0, 0.05) is 53.1 Å². The molecule has 1 aromatic heterocycles. The number of hydrogen-bond acceptors (Lipinski definition) is 4. The van der Waals surface area contributed by atoms with Crippen LogP contribution in [0.5, 0.6) is 0 Å². The average molecular weight is 779 g/mol.